The van der Waals surface area contributed by atoms with E-state index in [4.69, 9.17) is 0 Å². The summed E-state index contributed by atoms with van der Waals surface area (Å²) in [6, 6.07) is 14.4. The number of anilines is 1. The van der Waals surface area contributed by atoms with Gasteiger partial charge < -0.3 is 4.90 Å². The average Bonchev–Trinajstić information content (AvgIpc) is 3.23. The van der Waals surface area contributed by atoms with Crippen molar-refractivity contribution in [1.82, 2.24) is 0 Å². The Morgan fingerprint density at radius 1 is 1.05 bits per heavy atom. The Balaban J connectivity index is 1.47. The van der Waals surface area contributed by atoms with Gasteiger partial charge >= 0.3 is 6.18 Å². The number of hydrogen-bond acceptors (Lipinski definition) is 2. The summed E-state index contributed by atoms with van der Waals surface area (Å²) in [4.78, 5) is 3.65. The molecule has 0 amide bonds. The third-order valence-corrected chi connectivity index (χ3v) is 8.42. The van der Waals surface area contributed by atoms with E-state index in [1.807, 2.05) is 47.7 Å². The second-order valence-electron chi connectivity index (χ2n) is 10.9. The monoisotopic (exact) mass is 547 g/mol. The lowest BCUT2D eigenvalue weighted by molar-refractivity contribution is -0.667. The number of para-hydroxylation sites is 1. The first-order valence-corrected chi connectivity index (χ1v) is 14.3. The van der Waals surface area contributed by atoms with Crippen LogP contribution in [0.4, 0.5) is 18.9 Å². The molecule has 6 heteroatoms. The maximum Gasteiger partial charge on any atom is 0.416 e. The van der Waals surface area contributed by atoms with E-state index < -0.39 is 11.7 Å². The van der Waals surface area contributed by atoms with Crippen molar-refractivity contribution in [1.29, 1.82) is 0 Å². The molecule has 0 bridgehead atoms. The Bertz CT molecular complexity index is 1530. The molecular weight excluding hydrogens is 513 g/mol. The predicted octanol–water partition coefficient (Wildman–Crippen LogP) is 9.33. The van der Waals surface area contributed by atoms with Crippen LogP contribution in [0.1, 0.15) is 51.7 Å². The van der Waals surface area contributed by atoms with E-state index in [1.165, 1.54) is 32.8 Å². The SMILES string of the molecule is CCN1/C(=C\C2=CC(=C/C=C\c3cc[n+](CC)c4ccc(C(F)(F)F)cc34)/CC(C)(C)C2)Sc2ccccc21. The zero-order valence-electron chi connectivity index (χ0n) is 22.8. The number of aromatic nitrogens is 1. The molecule has 3 aromatic rings. The van der Waals surface area contributed by atoms with Gasteiger partial charge in [0.05, 0.1) is 21.7 Å². The van der Waals surface area contributed by atoms with Gasteiger partial charge in [-0.05, 0) is 79.2 Å². The molecule has 39 heavy (non-hydrogen) atoms. The molecule has 2 nitrogen and oxygen atoms in total. The van der Waals surface area contributed by atoms with Gasteiger partial charge in [-0.25, -0.2) is 0 Å². The van der Waals surface area contributed by atoms with Gasteiger partial charge in [-0.2, -0.15) is 17.7 Å². The first-order chi connectivity index (χ1) is 18.6. The standard InChI is InChI=1S/C33H34F3N2S/c1-5-37-17-16-25(27-20-26(33(34,35)36)14-15-28(27)37)11-9-10-23-18-24(22-32(3,4)21-23)19-31-38(6-2)29-12-7-8-13-30(29)39-31/h7-20H,5-6,21-22H2,1-4H3/q+1. The first kappa shape index (κ1) is 27.3. The van der Waals surface area contributed by atoms with Crippen LogP contribution in [0.2, 0.25) is 0 Å². The molecule has 2 aliphatic rings. The van der Waals surface area contributed by atoms with Crippen molar-refractivity contribution >= 4 is 34.4 Å². The Hall–Kier alpha value is -3.25. The van der Waals surface area contributed by atoms with Crippen LogP contribution in [0.15, 0.2) is 100 Å². The van der Waals surface area contributed by atoms with Crippen molar-refractivity contribution in [2.75, 3.05) is 11.4 Å². The van der Waals surface area contributed by atoms with Crippen molar-refractivity contribution < 1.29 is 17.7 Å². The summed E-state index contributed by atoms with van der Waals surface area (Å²) in [6.07, 6.45) is 10.1. The van der Waals surface area contributed by atoms with Crippen molar-refractivity contribution in [3.8, 4) is 0 Å². The maximum atomic E-state index is 13.5. The third kappa shape index (κ3) is 5.86. The van der Waals surface area contributed by atoms with Crippen LogP contribution >= 0.6 is 11.8 Å². The lowest BCUT2D eigenvalue weighted by Gasteiger charge is -2.31. The molecule has 5 rings (SSSR count). The molecule has 0 saturated heterocycles. The van der Waals surface area contributed by atoms with Gasteiger partial charge in [0.25, 0.3) is 0 Å². The molecule has 202 valence electrons. The molecule has 0 atom stereocenters. The Morgan fingerprint density at radius 2 is 1.85 bits per heavy atom. The third-order valence-electron chi connectivity index (χ3n) is 7.30. The normalized spacial score (nSPS) is 19.4. The molecule has 1 aliphatic heterocycles. The van der Waals surface area contributed by atoms with E-state index in [1.54, 1.807) is 6.07 Å². The Morgan fingerprint density at radius 3 is 2.59 bits per heavy atom. The summed E-state index contributed by atoms with van der Waals surface area (Å²) in [7, 11) is 0. The molecule has 0 unspecified atom stereocenters. The molecule has 0 fully saturated rings. The fraction of sp³-hybridized carbons (Fsp3) is 0.303. The maximum absolute atomic E-state index is 13.5. The lowest BCUT2D eigenvalue weighted by atomic mass is 9.75. The second kappa shape index (κ2) is 10.7. The molecule has 1 aromatic heterocycles. The minimum atomic E-state index is -4.38. The molecule has 2 heterocycles. The Labute approximate surface area is 233 Å². The summed E-state index contributed by atoms with van der Waals surface area (Å²) in [5.74, 6) is 0. The summed E-state index contributed by atoms with van der Waals surface area (Å²) in [5.41, 5.74) is 4.84. The summed E-state index contributed by atoms with van der Waals surface area (Å²) in [6.45, 7) is 10.3. The van der Waals surface area contributed by atoms with E-state index in [-0.39, 0.29) is 5.41 Å². The van der Waals surface area contributed by atoms with Crippen LogP contribution in [0, 0.1) is 5.41 Å². The molecule has 0 N–H and O–H groups in total. The molecular formula is C33H34F3N2S+. The molecule has 0 spiro atoms. The van der Waals surface area contributed by atoms with Gasteiger partial charge in [-0.3, -0.25) is 0 Å². The van der Waals surface area contributed by atoms with Gasteiger partial charge in [-0.1, -0.05) is 62.0 Å². The number of benzene rings is 2. The van der Waals surface area contributed by atoms with Gasteiger partial charge in [0.15, 0.2) is 6.20 Å². The van der Waals surface area contributed by atoms with Crippen molar-refractivity contribution in [2.45, 2.75) is 58.2 Å². The van der Waals surface area contributed by atoms with Gasteiger partial charge in [0.1, 0.15) is 6.54 Å². The number of fused-ring (bicyclic) bond motifs is 2. The fourth-order valence-corrected chi connectivity index (χ4v) is 6.79. The van der Waals surface area contributed by atoms with Crippen LogP contribution in [-0.2, 0) is 12.7 Å². The number of aryl methyl sites for hydroxylation is 1. The number of nitrogens with zero attached hydrogens (tertiary/aromatic N) is 2. The van der Waals surface area contributed by atoms with Gasteiger partial charge in [0, 0.05) is 23.6 Å². The van der Waals surface area contributed by atoms with Crippen LogP contribution in [0.5, 0.6) is 0 Å². The van der Waals surface area contributed by atoms with Crippen LogP contribution in [0.3, 0.4) is 0 Å². The second-order valence-corrected chi connectivity index (χ2v) is 12.0. The quantitative estimate of drug-likeness (QED) is 0.294. The summed E-state index contributed by atoms with van der Waals surface area (Å²) >= 11 is 1.82. The number of allylic oxidation sites excluding steroid dienone is 6. The molecule has 0 radical (unpaired) electrons. The number of alkyl halides is 3. The largest absolute Gasteiger partial charge is 0.416 e. The van der Waals surface area contributed by atoms with Crippen LogP contribution in [-0.4, -0.2) is 6.54 Å². The number of rotatable bonds is 5. The topological polar surface area (TPSA) is 7.12 Å². The highest BCUT2D eigenvalue weighted by Crippen LogP contribution is 2.47. The zero-order chi connectivity index (χ0) is 27.8. The van der Waals surface area contributed by atoms with Gasteiger partial charge in [-0.15, -0.1) is 0 Å². The molecule has 1 aliphatic carbocycles. The smallest absolute Gasteiger partial charge is 0.335 e. The lowest BCUT2D eigenvalue weighted by Crippen LogP contribution is -2.32. The zero-order valence-corrected chi connectivity index (χ0v) is 23.7. The van der Waals surface area contributed by atoms with Gasteiger partial charge in [0.2, 0.25) is 5.52 Å². The number of halogens is 3. The van der Waals surface area contributed by atoms with Crippen molar-refractivity contribution in [2.24, 2.45) is 5.41 Å². The minimum Gasteiger partial charge on any atom is -0.335 e. The molecule has 0 saturated carbocycles. The van der Waals surface area contributed by atoms with E-state index in [0.29, 0.717) is 11.9 Å². The van der Waals surface area contributed by atoms with E-state index >= 15 is 0 Å². The highest BCUT2D eigenvalue weighted by atomic mass is 32.2. The highest BCUT2D eigenvalue weighted by Gasteiger charge is 2.31. The van der Waals surface area contributed by atoms with Crippen LogP contribution < -0.4 is 9.47 Å². The van der Waals surface area contributed by atoms with E-state index in [0.717, 1.165) is 36.5 Å². The molecule has 2 aromatic carbocycles. The van der Waals surface area contributed by atoms with E-state index in [2.05, 4.69) is 68.2 Å². The summed E-state index contributed by atoms with van der Waals surface area (Å²) < 4.78 is 42.3. The van der Waals surface area contributed by atoms with Crippen LogP contribution in [0.25, 0.3) is 17.0 Å². The minimum absolute atomic E-state index is 0.113. The first-order valence-electron chi connectivity index (χ1n) is 13.5. The highest BCUT2D eigenvalue weighted by molar-refractivity contribution is 8.03. The number of thioether (sulfide) groups is 1. The predicted molar refractivity (Wildman–Crippen MR) is 156 cm³/mol. The Kier molecular flexibility index (Phi) is 7.51. The van der Waals surface area contributed by atoms with Crippen molar-refractivity contribution in [3.63, 3.8) is 0 Å². The van der Waals surface area contributed by atoms with Crippen molar-refractivity contribution in [3.05, 3.63) is 106 Å². The average molecular weight is 548 g/mol. The number of pyridine rings is 1. The van der Waals surface area contributed by atoms with E-state index in [9.17, 15) is 13.2 Å². The summed E-state index contributed by atoms with van der Waals surface area (Å²) in [5, 5.41) is 1.85. The fourth-order valence-electron chi connectivity index (χ4n) is 5.58. The number of hydrogen-bond donors (Lipinski definition) is 0.